The second-order valence-corrected chi connectivity index (χ2v) is 6.30. The van der Waals surface area contributed by atoms with Gasteiger partial charge in [-0.1, -0.05) is 44.9 Å². The topological polar surface area (TPSA) is 70.6 Å². The Labute approximate surface area is 141 Å². The third-order valence-corrected chi connectivity index (χ3v) is 4.68. The molecule has 1 unspecified atom stereocenters. The van der Waals surface area contributed by atoms with Crippen molar-refractivity contribution in [3.63, 3.8) is 0 Å². The number of benzene rings is 1. The molecule has 2 rings (SSSR count). The molecule has 1 aliphatic heterocycles. The number of guanidine groups is 1. The molecule has 2 amide bonds. The molecule has 0 spiro atoms. The van der Waals surface area contributed by atoms with Crippen LogP contribution in [0.1, 0.15) is 40.0 Å². The molecule has 0 radical (unpaired) electrons. The van der Waals surface area contributed by atoms with E-state index in [9.17, 15) is 9.59 Å². The maximum Gasteiger partial charge on any atom is 0.242 e. The zero-order valence-corrected chi connectivity index (χ0v) is 14.4. The van der Waals surface area contributed by atoms with Crippen molar-refractivity contribution in [2.75, 3.05) is 0 Å². The van der Waals surface area contributed by atoms with Crippen LogP contribution in [-0.2, 0) is 9.59 Å². The van der Waals surface area contributed by atoms with Gasteiger partial charge in [-0.2, -0.15) is 0 Å². The van der Waals surface area contributed by atoms with Crippen LogP contribution >= 0.6 is 11.6 Å². The van der Waals surface area contributed by atoms with Crippen molar-refractivity contribution in [3.8, 4) is 0 Å². The summed E-state index contributed by atoms with van der Waals surface area (Å²) in [4.78, 5) is 29.6. The number of aliphatic imine (C=N–C) groups is 1. The van der Waals surface area contributed by atoms with Crippen molar-refractivity contribution in [2.24, 2.45) is 16.3 Å². The highest BCUT2D eigenvalue weighted by molar-refractivity contribution is 6.30. The van der Waals surface area contributed by atoms with Gasteiger partial charge >= 0.3 is 0 Å². The lowest BCUT2D eigenvalue weighted by molar-refractivity contribution is -0.147. The van der Waals surface area contributed by atoms with Crippen LogP contribution in [0.5, 0.6) is 0 Å². The van der Waals surface area contributed by atoms with E-state index in [1.807, 2.05) is 20.8 Å². The molecule has 0 bridgehead atoms. The summed E-state index contributed by atoms with van der Waals surface area (Å²) >= 11 is 5.92. The highest BCUT2D eigenvalue weighted by Crippen LogP contribution is 2.36. The molecule has 0 aromatic heterocycles. The molecule has 124 valence electrons. The van der Waals surface area contributed by atoms with Gasteiger partial charge in [-0.3, -0.25) is 20.2 Å². The van der Waals surface area contributed by atoms with Gasteiger partial charge < -0.3 is 0 Å². The molecule has 1 aromatic carbocycles. The van der Waals surface area contributed by atoms with E-state index in [2.05, 4.69) is 15.6 Å². The van der Waals surface area contributed by atoms with E-state index >= 15 is 0 Å². The van der Waals surface area contributed by atoms with Gasteiger partial charge in [0.25, 0.3) is 0 Å². The summed E-state index contributed by atoms with van der Waals surface area (Å²) in [5.74, 6) is -0.462. The van der Waals surface area contributed by atoms with Crippen LogP contribution in [0.25, 0.3) is 0 Å². The number of carbonyl (C=O) groups excluding carboxylic acids is 2. The maximum atomic E-state index is 12.7. The molecule has 23 heavy (non-hydrogen) atoms. The van der Waals surface area contributed by atoms with Crippen LogP contribution in [0.3, 0.4) is 0 Å². The molecule has 0 aliphatic carbocycles. The monoisotopic (exact) mass is 335 g/mol. The summed E-state index contributed by atoms with van der Waals surface area (Å²) in [7, 11) is 0. The average Bonchev–Trinajstić information content (AvgIpc) is 2.48. The van der Waals surface area contributed by atoms with Crippen molar-refractivity contribution in [3.05, 3.63) is 29.3 Å². The van der Waals surface area contributed by atoms with Crippen molar-refractivity contribution < 1.29 is 9.59 Å². The van der Waals surface area contributed by atoms with E-state index in [0.29, 0.717) is 17.1 Å². The standard InChI is InChI=1S/C17H22ClN3O2/c1-4-7-11(3)17(5-2)14(22)20-16(21-15(17)23)19-13-9-6-8-12(18)10-13/h6,8-11H,4-5,7H2,1-3H3,(H2,19,20,21,22,23). The molecule has 5 nitrogen and oxygen atoms in total. The van der Waals surface area contributed by atoms with E-state index in [1.54, 1.807) is 24.3 Å². The van der Waals surface area contributed by atoms with E-state index in [1.165, 1.54) is 0 Å². The van der Waals surface area contributed by atoms with Crippen LogP contribution in [0.2, 0.25) is 5.02 Å². The summed E-state index contributed by atoms with van der Waals surface area (Å²) in [5, 5.41) is 6.01. The lowest BCUT2D eigenvalue weighted by atomic mass is 9.70. The van der Waals surface area contributed by atoms with Gasteiger partial charge in [-0.15, -0.1) is 0 Å². The molecule has 0 saturated carbocycles. The third-order valence-electron chi connectivity index (χ3n) is 4.44. The van der Waals surface area contributed by atoms with Gasteiger partial charge in [-0.05, 0) is 37.0 Å². The first-order chi connectivity index (χ1) is 10.9. The molecular formula is C17H22ClN3O2. The number of carbonyl (C=O) groups is 2. The van der Waals surface area contributed by atoms with Crippen LogP contribution in [0, 0.1) is 11.3 Å². The Morgan fingerprint density at radius 1 is 1.22 bits per heavy atom. The Bertz CT molecular complexity index is 622. The minimum absolute atomic E-state index is 0.0368. The molecule has 1 atom stereocenters. The van der Waals surface area contributed by atoms with Crippen LogP contribution in [0.15, 0.2) is 29.3 Å². The smallest absolute Gasteiger partial charge is 0.242 e. The van der Waals surface area contributed by atoms with Crippen molar-refractivity contribution >= 4 is 35.1 Å². The highest BCUT2D eigenvalue weighted by atomic mass is 35.5. The summed E-state index contributed by atoms with van der Waals surface area (Å²) in [6.07, 6.45) is 2.19. The fourth-order valence-electron chi connectivity index (χ4n) is 3.10. The predicted molar refractivity (Wildman–Crippen MR) is 91.6 cm³/mol. The number of amides is 2. The molecule has 6 heteroatoms. The Morgan fingerprint density at radius 3 is 2.39 bits per heavy atom. The van der Waals surface area contributed by atoms with E-state index in [4.69, 9.17) is 11.6 Å². The Balaban J connectivity index is 2.28. The summed E-state index contributed by atoms with van der Waals surface area (Å²) in [6.45, 7) is 5.86. The van der Waals surface area contributed by atoms with Crippen molar-refractivity contribution in [1.82, 2.24) is 10.6 Å². The quantitative estimate of drug-likeness (QED) is 0.809. The number of hydrogen-bond donors (Lipinski definition) is 2. The van der Waals surface area contributed by atoms with Crippen LogP contribution in [-0.4, -0.2) is 17.8 Å². The van der Waals surface area contributed by atoms with Gasteiger partial charge in [0.05, 0.1) is 5.69 Å². The largest absolute Gasteiger partial charge is 0.295 e. The first-order valence-corrected chi connectivity index (χ1v) is 8.29. The SMILES string of the molecule is CCCC(C)C1(CC)C(=O)NC(=Nc2cccc(Cl)c2)NC1=O. The number of nitrogens with one attached hydrogen (secondary N) is 2. The van der Waals surface area contributed by atoms with Gasteiger partial charge in [-0.25, -0.2) is 4.99 Å². The fraction of sp³-hybridized carbons (Fsp3) is 0.471. The number of hydrogen-bond acceptors (Lipinski definition) is 3. The van der Waals surface area contributed by atoms with E-state index in [0.717, 1.165) is 12.8 Å². The predicted octanol–water partition coefficient (Wildman–Crippen LogP) is 3.41. The molecular weight excluding hydrogens is 314 g/mol. The fourth-order valence-corrected chi connectivity index (χ4v) is 3.28. The highest BCUT2D eigenvalue weighted by Gasteiger charge is 2.51. The van der Waals surface area contributed by atoms with Crippen LogP contribution < -0.4 is 10.6 Å². The first-order valence-electron chi connectivity index (χ1n) is 7.91. The molecule has 1 aliphatic rings. The minimum atomic E-state index is -1.04. The zero-order valence-electron chi connectivity index (χ0n) is 13.6. The lowest BCUT2D eigenvalue weighted by Crippen LogP contribution is -2.64. The van der Waals surface area contributed by atoms with Gasteiger partial charge in [0.2, 0.25) is 17.8 Å². The Kier molecular flexibility index (Phi) is 5.42. The van der Waals surface area contributed by atoms with Crippen molar-refractivity contribution in [2.45, 2.75) is 40.0 Å². The number of rotatable bonds is 5. The number of nitrogens with zero attached hydrogens (tertiary/aromatic N) is 1. The molecule has 1 fully saturated rings. The van der Waals surface area contributed by atoms with Gasteiger partial charge in [0.15, 0.2) is 0 Å². The summed E-state index contributed by atoms with van der Waals surface area (Å²) in [5.41, 5.74) is -0.470. The van der Waals surface area contributed by atoms with Crippen molar-refractivity contribution in [1.29, 1.82) is 0 Å². The first kappa shape index (κ1) is 17.5. The number of halogens is 1. The summed E-state index contributed by atoms with van der Waals surface area (Å²) < 4.78 is 0. The van der Waals surface area contributed by atoms with Crippen LogP contribution in [0.4, 0.5) is 5.69 Å². The molecule has 1 heterocycles. The second kappa shape index (κ2) is 7.13. The van der Waals surface area contributed by atoms with Gasteiger partial charge in [0.1, 0.15) is 5.41 Å². The lowest BCUT2D eigenvalue weighted by Gasteiger charge is -2.38. The Morgan fingerprint density at radius 2 is 1.87 bits per heavy atom. The second-order valence-electron chi connectivity index (χ2n) is 5.86. The van der Waals surface area contributed by atoms with E-state index < -0.39 is 5.41 Å². The average molecular weight is 336 g/mol. The normalized spacial score (nSPS) is 22.3. The third kappa shape index (κ3) is 3.39. The van der Waals surface area contributed by atoms with E-state index in [-0.39, 0.29) is 23.7 Å². The van der Waals surface area contributed by atoms with Gasteiger partial charge in [0, 0.05) is 5.02 Å². The minimum Gasteiger partial charge on any atom is -0.295 e. The maximum absolute atomic E-state index is 12.7. The Hall–Kier alpha value is -1.88. The molecule has 1 saturated heterocycles. The molecule has 2 N–H and O–H groups in total. The summed E-state index contributed by atoms with van der Waals surface area (Å²) in [6, 6.07) is 6.90. The zero-order chi connectivity index (χ0) is 17.0. The molecule has 1 aromatic rings.